The molecule has 0 atom stereocenters. The van der Waals surface area contributed by atoms with E-state index in [1.165, 1.54) is 25.7 Å². The van der Waals surface area contributed by atoms with Crippen LogP contribution in [0.1, 0.15) is 45.1 Å². The molecule has 1 aromatic heterocycles. The van der Waals surface area contributed by atoms with Crippen molar-refractivity contribution in [3.05, 3.63) is 17.8 Å². The maximum atomic E-state index is 9.30. The number of nitrogen functional groups attached to an aromatic ring is 1. The molecule has 1 saturated carbocycles. The largest absolute Gasteiger partial charge is 0.397 e. The lowest BCUT2D eigenvalue weighted by atomic mass is 10.1. The van der Waals surface area contributed by atoms with Crippen molar-refractivity contribution in [2.24, 2.45) is 5.92 Å². The van der Waals surface area contributed by atoms with Gasteiger partial charge < -0.3 is 10.6 Å². The smallest absolute Gasteiger partial charge is 0.146 e. The van der Waals surface area contributed by atoms with Gasteiger partial charge in [0.2, 0.25) is 0 Å². The van der Waals surface area contributed by atoms with Crippen LogP contribution >= 0.6 is 0 Å². The second-order valence-corrected chi connectivity index (χ2v) is 5.74. The number of nitrogens with two attached hydrogens (primary N) is 1. The molecule has 0 aliphatic heterocycles. The van der Waals surface area contributed by atoms with Gasteiger partial charge in [-0.05, 0) is 24.8 Å². The maximum absolute atomic E-state index is 9.30. The Kier molecular flexibility index (Phi) is 4.26. The topological polar surface area (TPSA) is 65.9 Å². The zero-order valence-electron chi connectivity index (χ0n) is 11.8. The molecule has 102 valence electrons. The van der Waals surface area contributed by atoms with Crippen LogP contribution in [0.4, 0.5) is 11.5 Å². The van der Waals surface area contributed by atoms with E-state index < -0.39 is 0 Å². The summed E-state index contributed by atoms with van der Waals surface area (Å²) in [6.45, 7) is 5.34. The maximum Gasteiger partial charge on any atom is 0.146 e. The molecule has 4 heteroatoms. The third-order valence-electron chi connectivity index (χ3n) is 3.61. The zero-order valence-corrected chi connectivity index (χ0v) is 11.8. The average Bonchev–Trinajstić information content (AvgIpc) is 2.89. The summed E-state index contributed by atoms with van der Waals surface area (Å²) >= 11 is 0. The molecule has 0 bridgehead atoms. The van der Waals surface area contributed by atoms with Gasteiger partial charge in [0, 0.05) is 12.6 Å². The van der Waals surface area contributed by atoms with E-state index >= 15 is 0 Å². The summed E-state index contributed by atoms with van der Waals surface area (Å²) in [7, 11) is 0. The van der Waals surface area contributed by atoms with Crippen molar-refractivity contribution in [2.75, 3.05) is 17.2 Å². The number of pyridine rings is 1. The van der Waals surface area contributed by atoms with Gasteiger partial charge in [0.15, 0.2) is 0 Å². The number of rotatable bonds is 4. The fraction of sp³-hybridized carbons (Fsp3) is 0.600. The van der Waals surface area contributed by atoms with E-state index in [0.29, 0.717) is 23.2 Å². The van der Waals surface area contributed by atoms with Gasteiger partial charge in [-0.15, -0.1) is 0 Å². The fourth-order valence-corrected chi connectivity index (χ4v) is 2.80. The number of hydrogen-bond acceptors (Lipinski definition) is 4. The van der Waals surface area contributed by atoms with Crippen molar-refractivity contribution >= 4 is 11.5 Å². The Morgan fingerprint density at radius 2 is 2.16 bits per heavy atom. The van der Waals surface area contributed by atoms with Crippen molar-refractivity contribution in [2.45, 2.75) is 45.6 Å². The molecule has 1 aliphatic rings. The van der Waals surface area contributed by atoms with Crippen LogP contribution in [0.5, 0.6) is 0 Å². The van der Waals surface area contributed by atoms with Gasteiger partial charge in [0.1, 0.15) is 11.9 Å². The Bertz CT molecular complexity index is 470. The van der Waals surface area contributed by atoms with Crippen LogP contribution < -0.4 is 10.6 Å². The zero-order chi connectivity index (χ0) is 13.8. The minimum absolute atomic E-state index is 0.519. The molecule has 0 saturated heterocycles. The highest BCUT2D eigenvalue weighted by molar-refractivity contribution is 5.59. The highest BCUT2D eigenvalue weighted by Gasteiger charge is 2.26. The molecule has 1 aromatic rings. The lowest BCUT2D eigenvalue weighted by molar-refractivity contribution is 0.531. The van der Waals surface area contributed by atoms with Crippen molar-refractivity contribution in [3.63, 3.8) is 0 Å². The molecule has 0 unspecified atom stereocenters. The van der Waals surface area contributed by atoms with E-state index in [-0.39, 0.29) is 0 Å². The summed E-state index contributed by atoms with van der Waals surface area (Å²) in [6.07, 6.45) is 6.60. The van der Waals surface area contributed by atoms with Crippen molar-refractivity contribution in [1.29, 1.82) is 5.26 Å². The van der Waals surface area contributed by atoms with Crippen molar-refractivity contribution < 1.29 is 0 Å². The van der Waals surface area contributed by atoms with E-state index in [1.807, 2.05) is 0 Å². The Labute approximate surface area is 115 Å². The number of nitrogens with zero attached hydrogens (tertiary/aromatic N) is 3. The Morgan fingerprint density at radius 3 is 2.74 bits per heavy atom. The van der Waals surface area contributed by atoms with Crippen LogP contribution in [0.2, 0.25) is 0 Å². The van der Waals surface area contributed by atoms with Crippen LogP contribution in [0.15, 0.2) is 12.3 Å². The first-order chi connectivity index (χ1) is 9.11. The minimum atomic E-state index is 0.519. The quantitative estimate of drug-likeness (QED) is 0.901. The molecule has 1 fully saturated rings. The number of aromatic nitrogens is 1. The highest BCUT2D eigenvalue weighted by atomic mass is 15.2. The first kappa shape index (κ1) is 13.7. The van der Waals surface area contributed by atoms with Gasteiger partial charge in [0.25, 0.3) is 0 Å². The van der Waals surface area contributed by atoms with E-state index in [4.69, 9.17) is 5.73 Å². The second kappa shape index (κ2) is 5.92. The normalized spacial score (nSPS) is 15.7. The molecule has 19 heavy (non-hydrogen) atoms. The average molecular weight is 258 g/mol. The molecule has 0 radical (unpaired) electrons. The summed E-state index contributed by atoms with van der Waals surface area (Å²) < 4.78 is 0. The molecule has 1 heterocycles. The van der Waals surface area contributed by atoms with Crippen LogP contribution in [-0.2, 0) is 0 Å². The number of anilines is 2. The monoisotopic (exact) mass is 258 g/mol. The molecule has 2 N–H and O–H groups in total. The van der Waals surface area contributed by atoms with E-state index in [2.05, 4.69) is 29.8 Å². The van der Waals surface area contributed by atoms with Crippen molar-refractivity contribution in [3.8, 4) is 6.07 Å². The highest BCUT2D eigenvalue weighted by Crippen LogP contribution is 2.30. The Hall–Kier alpha value is -1.76. The minimum Gasteiger partial charge on any atom is -0.397 e. The summed E-state index contributed by atoms with van der Waals surface area (Å²) in [5.74, 6) is 1.35. The molecule has 0 amide bonds. The van der Waals surface area contributed by atoms with Crippen LogP contribution in [0, 0.1) is 17.2 Å². The third-order valence-corrected chi connectivity index (χ3v) is 3.61. The third kappa shape index (κ3) is 3.17. The van der Waals surface area contributed by atoms with Crippen LogP contribution in [0.25, 0.3) is 0 Å². The summed E-state index contributed by atoms with van der Waals surface area (Å²) in [6, 6.07) is 4.48. The molecule has 0 spiro atoms. The van der Waals surface area contributed by atoms with Crippen LogP contribution in [0.3, 0.4) is 0 Å². The number of nitriles is 1. The molecule has 0 aromatic carbocycles. The van der Waals surface area contributed by atoms with E-state index in [0.717, 1.165) is 12.4 Å². The second-order valence-electron chi connectivity index (χ2n) is 5.74. The molecule has 2 rings (SSSR count). The number of hydrogen-bond donors (Lipinski definition) is 1. The Morgan fingerprint density at radius 1 is 1.47 bits per heavy atom. The van der Waals surface area contributed by atoms with Gasteiger partial charge in [0.05, 0.1) is 17.4 Å². The molecule has 1 aliphatic carbocycles. The first-order valence-corrected chi connectivity index (χ1v) is 7.04. The summed E-state index contributed by atoms with van der Waals surface area (Å²) in [5, 5.41) is 9.30. The van der Waals surface area contributed by atoms with Gasteiger partial charge in [-0.25, -0.2) is 4.98 Å². The van der Waals surface area contributed by atoms with Gasteiger partial charge >= 0.3 is 0 Å². The van der Waals surface area contributed by atoms with E-state index in [1.54, 1.807) is 12.3 Å². The van der Waals surface area contributed by atoms with E-state index in [9.17, 15) is 5.26 Å². The molecular weight excluding hydrogens is 236 g/mol. The SMILES string of the molecule is CC(C)CN(c1ncc(N)cc1C#N)C1CCCC1. The fourth-order valence-electron chi connectivity index (χ4n) is 2.80. The lowest BCUT2D eigenvalue weighted by Crippen LogP contribution is -2.37. The van der Waals surface area contributed by atoms with Gasteiger partial charge in [-0.1, -0.05) is 26.7 Å². The predicted molar refractivity (Wildman–Crippen MR) is 77.8 cm³/mol. The van der Waals surface area contributed by atoms with Gasteiger partial charge in [-0.3, -0.25) is 0 Å². The summed E-state index contributed by atoms with van der Waals surface area (Å²) in [4.78, 5) is 6.74. The standard InChI is InChI=1S/C15H22N4/c1-11(2)10-19(14-5-3-4-6-14)15-12(8-16)7-13(17)9-18-15/h7,9,11,14H,3-6,10,17H2,1-2H3. The van der Waals surface area contributed by atoms with Crippen molar-refractivity contribution in [1.82, 2.24) is 4.98 Å². The predicted octanol–water partition coefficient (Wildman–Crippen LogP) is 2.94. The Balaban J connectivity index is 2.34. The first-order valence-electron chi connectivity index (χ1n) is 7.04. The lowest BCUT2D eigenvalue weighted by Gasteiger charge is -2.32. The molecular formula is C15H22N4. The summed E-state index contributed by atoms with van der Waals surface area (Å²) in [5.41, 5.74) is 6.87. The molecule has 4 nitrogen and oxygen atoms in total. The van der Waals surface area contributed by atoms with Crippen LogP contribution in [-0.4, -0.2) is 17.6 Å². The van der Waals surface area contributed by atoms with Gasteiger partial charge in [-0.2, -0.15) is 5.26 Å².